The maximum atomic E-state index is 12.8. The Labute approximate surface area is 207 Å². The van der Waals surface area contributed by atoms with E-state index in [2.05, 4.69) is 32.7 Å². The smallest absolute Gasteiger partial charge is 0.419 e. The maximum absolute atomic E-state index is 12.8. The lowest BCUT2D eigenvalue weighted by Gasteiger charge is -2.24. The van der Waals surface area contributed by atoms with E-state index in [0.717, 1.165) is 50.2 Å². The van der Waals surface area contributed by atoms with Gasteiger partial charge in [0.1, 0.15) is 11.9 Å². The van der Waals surface area contributed by atoms with Crippen LogP contribution in [-0.4, -0.2) is 69.8 Å². The molecule has 0 radical (unpaired) electrons. The first-order valence-electron chi connectivity index (χ1n) is 12.2. The zero-order chi connectivity index (χ0) is 26.0. The highest BCUT2D eigenvalue weighted by atomic mass is 19.4. The first kappa shape index (κ1) is 27.6. The number of carboxylic acids is 1. The highest BCUT2D eigenvalue weighted by Crippen LogP contribution is 2.28. The number of aromatic nitrogens is 3. The molecule has 2 aromatic rings. The highest BCUT2D eigenvalue weighted by Gasteiger charge is 2.31. The molecule has 2 aromatic heterocycles. The number of pyridine rings is 1. The molecule has 1 atom stereocenters. The molecule has 0 fully saturated rings. The van der Waals surface area contributed by atoms with Gasteiger partial charge in [-0.15, -0.1) is 0 Å². The fourth-order valence-electron chi connectivity index (χ4n) is 4.04. The molecule has 12 heteroatoms. The first-order valence-corrected chi connectivity index (χ1v) is 12.2. The number of unbranched alkanes of at least 4 members (excludes halogenated alkanes) is 1. The molecule has 8 nitrogen and oxygen atoms in total. The quantitative estimate of drug-likeness (QED) is 0.256. The van der Waals surface area contributed by atoms with E-state index in [0.29, 0.717) is 38.4 Å². The summed E-state index contributed by atoms with van der Waals surface area (Å²) in [5.74, 6) is -0.402. The molecule has 0 saturated carbocycles. The second-order valence-corrected chi connectivity index (χ2v) is 8.80. The van der Waals surface area contributed by atoms with Crippen LogP contribution in [0.4, 0.5) is 29.3 Å². The molecule has 0 aliphatic carbocycles. The van der Waals surface area contributed by atoms with Crippen LogP contribution in [0.25, 0.3) is 0 Å². The summed E-state index contributed by atoms with van der Waals surface area (Å²) in [4.78, 5) is 25.6. The predicted octanol–water partition coefficient (Wildman–Crippen LogP) is 4.19. The minimum absolute atomic E-state index is 0.157. The summed E-state index contributed by atoms with van der Waals surface area (Å²) < 4.78 is 50.8. The van der Waals surface area contributed by atoms with Gasteiger partial charge in [0, 0.05) is 37.7 Å². The third-order valence-corrected chi connectivity index (χ3v) is 6.03. The number of anilines is 2. The van der Waals surface area contributed by atoms with E-state index in [9.17, 15) is 27.5 Å². The van der Waals surface area contributed by atoms with E-state index in [1.165, 1.54) is 5.56 Å². The van der Waals surface area contributed by atoms with Gasteiger partial charge in [-0.25, -0.2) is 19.7 Å². The molecule has 1 unspecified atom stereocenters. The normalized spacial score (nSPS) is 14.2. The minimum atomic E-state index is -4.57. The summed E-state index contributed by atoms with van der Waals surface area (Å²) in [5, 5.41) is 15.5. The molecule has 0 saturated heterocycles. The molecule has 1 aliphatic heterocycles. The van der Waals surface area contributed by atoms with E-state index in [1.54, 1.807) is 0 Å². The molecular weight excluding hydrogens is 480 g/mol. The summed E-state index contributed by atoms with van der Waals surface area (Å²) in [6, 6.07) is 3.08. The number of nitrogens with one attached hydrogen (secondary N) is 2. The molecule has 0 amide bonds. The maximum Gasteiger partial charge on any atom is 0.419 e. The van der Waals surface area contributed by atoms with Crippen molar-refractivity contribution in [1.29, 1.82) is 0 Å². The van der Waals surface area contributed by atoms with Crippen LogP contribution < -0.4 is 10.6 Å². The van der Waals surface area contributed by atoms with Gasteiger partial charge < -0.3 is 20.6 Å². The number of hydrogen-bond donors (Lipinski definition) is 3. The number of alkyl halides is 4. The second kappa shape index (κ2) is 13.3. The van der Waals surface area contributed by atoms with Gasteiger partial charge in [0.05, 0.1) is 12.2 Å². The number of fused-ring (bicyclic) bond motifs is 1. The van der Waals surface area contributed by atoms with Crippen LogP contribution in [0.15, 0.2) is 24.5 Å². The van der Waals surface area contributed by atoms with Crippen molar-refractivity contribution in [3.05, 3.63) is 41.3 Å². The molecule has 3 heterocycles. The number of carbonyl (C=O) groups is 1. The molecule has 1 aliphatic rings. The van der Waals surface area contributed by atoms with Gasteiger partial charge in [-0.05, 0) is 63.1 Å². The molecule has 0 aromatic carbocycles. The van der Waals surface area contributed by atoms with Crippen LogP contribution in [0.2, 0.25) is 0 Å². The first-order chi connectivity index (χ1) is 17.3. The third-order valence-electron chi connectivity index (χ3n) is 6.03. The standard InChI is InChI=1S/C24H32F4N6O2/c25-10-4-13-34(12-2-1-6-19-8-7-17-5-3-11-29-21(17)32-19)14-9-20(22(35)36)33-23-30-15-18(16-31-23)24(26,27)28/h7-8,15-16,20H,1-6,9-14H2,(H,29,32)(H,35,36)(H,30,31,33). The fourth-order valence-corrected chi connectivity index (χ4v) is 4.04. The van der Waals surface area contributed by atoms with E-state index < -0.39 is 30.4 Å². The van der Waals surface area contributed by atoms with Crippen LogP contribution in [0.5, 0.6) is 0 Å². The Kier molecular flexibility index (Phi) is 10.2. The lowest BCUT2D eigenvalue weighted by atomic mass is 10.1. The Morgan fingerprint density at radius 3 is 2.58 bits per heavy atom. The number of aryl methyl sites for hydroxylation is 2. The van der Waals surface area contributed by atoms with Gasteiger partial charge in [-0.1, -0.05) is 6.07 Å². The molecule has 3 N–H and O–H groups in total. The summed E-state index contributed by atoms with van der Waals surface area (Å²) in [6.07, 6.45) is 1.82. The molecular formula is C24H32F4N6O2. The average Bonchev–Trinajstić information content (AvgIpc) is 2.86. The zero-order valence-corrected chi connectivity index (χ0v) is 20.0. The number of rotatable bonds is 14. The molecule has 0 spiro atoms. The SMILES string of the molecule is O=C(O)C(CCN(CCCF)CCCCc1ccc2c(n1)NCCC2)Nc1ncc(C(F)(F)F)cn1. The van der Waals surface area contributed by atoms with Crippen molar-refractivity contribution in [2.45, 2.75) is 57.2 Å². The summed E-state index contributed by atoms with van der Waals surface area (Å²) >= 11 is 0. The highest BCUT2D eigenvalue weighted by molar-refractivity contribution is 5.76. The van der Waals surface area contributed by atoms with E-state index >= 15 is 0 Å². The van der Waals surface area contributed by atoms with Gasteiger partial charge >= 0.3 is 12.1 Å². The Bertz CT molecular complexity index is 974. The van der Waals surface area contributed by atoms with Gasteiger partial charge in [-0.3, -0.25) is 4.39 Å². The van der Waals surface area contributed by atoms with Gasteiger partial charge in [0.25, 0.3) is 0 Å². The molecule has 3 rings (SSSR count). The summed E-state index contributed by atoms with van der Waals surface area (Å²) in [5.41, 5.74) is 1.25. The van der Waals surface area contributed by atoms with Crippen LogP contribution in [-0.2, 0) is 23.8 Å². The van der Waals surface area contributed by atoms with E-state index in [1.807, 2.05) is 4.90 Å². The van der Waals surface area contributed by atoms with Crippen molar-refractivity contribution in [3.8, 4) is 0 Å². The Morgan fingerprint density at radius 2 is 1.89 bits per heavy atom. The number of hydrogen-bond acceptors (Lipinski definition) is 7. The Morgan fingerprint density at radius 1 is 1.14 bits per heavy atom. The summed E-state index contributed by atoms with van der Waals surface area (Å²) in [7, 11) is 0. The Balaban J connectivity index is 1.48. The van der Waals surface area contributed by atoms with Gasteiger partial charge in [-0.2, -0.15) is 13.2 Å². The van der Waals surface area contributed by atoms with Crippen molar-refractivity contribution < 1.29 is 27.5 Å². The third kappa shape index (κ3) is 8.58. The topological polar surface area (TPSA) is 103 Å². The van der Waals surface area contributed by atoms with Crippen LogP contribution >= 0.6 is 0 Å². The lowest BCUT2D eigenvalue weighted by Crippen LogP contribution is -2.36. The second-order valence-electron chi connectivity index (χ2n) is 8.80. The lowest BCUT2D eigenvalue weighted by molar-refractivity contribution is -0.139. The van der Waals surface area contributed by atoms with Crippen LogP contribution in [0.1, 0.15) is 48.9 Å². The van der Waals surface area contributed by atoms with E-state index in [4.69, 9.17) is 4.98 Å². The molecule has 0 bridgehead atoms. The van der Waals surface area contributed by atoms with Crippen LogP contribution in [0, 0.1) is 0 Å². The number of halogens is 4. The average molecular weight is 513 g/mol. The van der Waals surface area contributed by atoms with Gasteiger partial charge in [0.15, 0.2) is 0 Å². The van der Waals surface area contributed by atoms with Crippen molar-refractivity contribution in [3.63, 3.8) is 0 Å². The minimum Gasteiger partial charge on any atom is -0.480 e. The van der Waals surface area contributed by atoms with Crippen molar-refractivity contribution >= 4 is 17.7 Å². The van der Waals surface area contributed by atoms with Crippen molar-refractivity contribution in [1.82, 2.24) is 19.9 Å². The molecule has 198 valence electrons. The van der Waals surface area contributed by atoms with Crippen molar-refractivity contribution in [2.75, 3.05) is 43.5 Å². The zero-order valence-electron chi connectivity index (χ0n) is 20.0. The summed E-state index contributed by atoms with van der Waals surface area (Å²) in [6.45, 7) is 2.01. The largest absolute Gasteiger partial charge is 0.480 e. The molecule has 36 heavy (non-hydrogen) atoms. The van der Waals surface area contributed by atoms with Gasteiger partial charge in [0.2, 0.25) is 5.95 Å². The number of nitrogens with zero attached hydrogens (tertiary/aromatic N) is 4. The Hall–Kier alpha value is -3.02. The predicted molar refractivity (Wildman–Crippen MR) is 128 cm³/mol. The van der Waals surface area contributed by atoms with Crippen LogP contribution in [0.3, 0.4) is 0 Å². The van der Waals surface area contributed by atoms with E-state index in [-0.39, 0.29) is 12.4 Å². The number of carboxylic acid groups (broad SMARTS) is 1. The number of aliphatic carboxylic acids is 1. The van der Waals surface area contributed by atoms with Crippen molar-refractivity contribution in [2.24, 2.45) is 0 Å². The fraction of sp³-hybridized carbons (Fsp3) is 0.583. The monoisotopic (exact) mass is 512 g/mol.